The molecule has 0 N–H and O–H groups in total. The zero-order chi connectivity index (χ0) is 19.8. The van der Waals surface area contributed by atoms with Crippen molar-refractivity contribution in [3.8, 4) is 11.8 Å². The lowest BCUT2D eigenvalue weighted by Gasteiger charge is -2.42. The van der Waals surface area contributed by atoms with Crippen LogP contribution in [0.5, 0.6) is 0 Å². The third-order valence-corrected chi connectivity index (χ3v) is 9.75. The van der Waals surface area contributed by atoms with Crippen LogP contribution in [0.1, 0.15) is 47.0 Å². The van der Waals surface area contributed by atoms with E-state index in [1.807, 2.05) is 12.1 Å². The highest BCUT2D eigenvalue weighted by atomic mass is 28.4. The number of carbonyl (C=O) groups is 1. The number of hydrogen-bond donors (Lipinski definition) is 0. The van der Waals surface area contributed by atoms with Gasteiger partial charge < -0.3 is 4.43 Å². The van der Waals surface area contributed by atoms with E-state index in [2.05, 4.69) is 88.1 Å². The minimum atomic E-state index is -2.56. The normalized spacial score (nSPS) is 11.6. The molecule has 0 aliphatic rings. The number of unbranched alkanes of at least 4 members (excludes halogenated alkanes) is 1. The summed E-state index contributed by atoms with van der Waals surface area (Å²) in [6.07, 6.45) is 2.43. The lowest BCUT2D eigenvalue weighted by atomic mass is 10.2. The molecule has 2 rings (SSSR count). The summed E-state index contributed by atoms with van der Waals surface area (Å²) in [6, 6.07) is 20.9. The Morgan fingerprint density at radius 2 is 1.48 bits per heavy atom. The van der Waals surface area contributed by atoms with Gasteiger partial charge in [0, 0.05) is 6.42 Å². The van der Waals surface area contributed by atoms with E-state index < -0.39 is 8.32 Å². The van der Waals surface area contributed by atoms with Gasteiger partial charge in [0.1, 0.15) is 0 Å². The number of rotatable bonds is 7. The Bertz CT molecular complexity index is 740. The fourth-order valence-corrected chi connectivity index (χ4v) is 7.88. The van der Waals surface area contributed by atoms with E-state index in [-0.39, 0.29) is 17.4 Å². The van der Waals surface area contributed by atoms with Crippen molar-refractivity contribution in [1.29, 1.82) is 0 Å². The molecule has 142 valence electrons. The summed E-state index contributed by atoms with van der Waals surface area (Å²) in [5, 5.41) is 2.37. The molecule has 2 nitrogen and oxygen atoms in total. The predicted octanol–water partition coefficient (Wildman–Crippen LogP) is 4.33. The van der Waals surface area contributed by atoms with Crippen LogP contribution >= 0.6 is 0 Å². The second kappa shape index (κ2) is 9.69. The monoisotopic (exact) mass is 378 g/mol. The summed E-state index contributed by atoms with van der Waals surface area (Å²) >= 11 is 0. The van der Waals surface area contributed by atoms with Crippen LogP contribution in [0.3, 0.4) is 0 Å². The van der Waals surface area contributed by atoms with Crippen molar-refractivity contribution in [2.75, 3.05) is 6.61 Å². The van der Waals surface area contributed by atoms with Crippen molar-refractivity contribution in [1.82, 2.24) is 0 Å². The second-order valence-corrected chi connectivity index (χ2v) is 12.1. The van der Waals surface area contributed by atoms with Gasteiger partial charge in [-0.05, 0) is 27.8 Å². The number of Topliss-reactive ketones (excluding diaryl/α,β-unsaturated/α-hetero) is 1. The standard InChI is InChI=1S/C24H30O2Si/c1-5-6-14-21(25)15-13-20-26-27(24(2,3)4,22-16-9-7-10-17-22)23-18-11-8-12-19-23/h7-12,16-19H,5-6,14,20H2,1-4H3. The Morgan fingerprint density at radius 1 is 0.963 bits per heavy atom. The third kappa shape index (κ3) is 5.19. The molecular weight excluding hydrogens is 348 g/mol. The first kappa shape index (κ1) is 21.2. The Kier molecular flexibility index (Phi) is 7.59. The van der Waals surface area contributed by atoms with E-state index >= 15 is 0 Å². The molecule has 0 saturated carbocycles. The molecule has 0 aromatic heterocycles. The van der Waals surface area contributed by atoms with E-state index in [9.17, 15) is 4.79 Å². The summed E-state index contributed by atoms with van der Waals surface area (Å²) < 4.78 is 6.63. The average Bonchev–Trinajstić information content (AvgIpc) is 2.67. The first-order valence-electron chi connectivity index (χ1n) is 9.68. The van der Waals surface area contributed by atoms with Gasteiger partial charge in [-0.25, -0.2) is 0 Å². The van der Waals surface area contributed by atoms with Gasteiger partial charge in [0.05, 0.1) is 6.61 Å². The van der Waals surface area contributed by atoms with Crippen molar-refractivity contribution in [2.45, 2.75) is 52.0 Å². The Morgan fingerprint density at radius 3 is 1.93 bits per heavy atom. The Hall–Kier alpha value is -2.15. The first-order chi connectivity index (χ1) is 12.9. The van der Waals surface area contributed by atoms with Crippen molar-refractivity contribution >= 4 is 24.5 Å². The Labute approximate surface area is 165 Å². The maximum Gasteiger partial charge on any atom is 0.262 e. The molecule has 0 atom stereocenters. The zero-order valence-electron chi connectivity index (χ0n) is 16.9. The molecule has 0 unspecified atom stereocenters. The van der Waals surface area contributed by atoms with Crippen molar-refractivity contribution in [3.05, 3.63) is 60.7 Å². The smallest absolute Gasteiger partial charge is 0.262 e. The summed E-state index contributed by atoms with van der Waals surface area (Å²) in [5.74, 6) is 5.73. The van der Waals surface area contributed by atoms with Crippen LogP contribution in [0.2, 0.25) is 5.04 Å². The predicted molar refractivity (Wildman–Crippen MR) is 116 cm³/mol. The molecule has 0 bridgehead atoms. The molecule has 0 aliphatic carbocycles. The summed E-state index contributed by atoms with van der Waals surface area (Å²) in [4.78, 5) is 11.8. The van der Waals surface area contributed by atoms with Crippen LogP contribution in [0.4, 0.5) is 0 Å². The number of carbonyl (C=O) groups excluding carboxylic acids is 1. The minimum Gasteiger partial charge on any atom is -0.396 e. The highest BCUT2D eigenvalue weighted by Gasteiger charge is 2.49. The topological polar surface area (TPSA) is 26.3 Å². The zero-order valence-corrected chi connectivity index (χ0v) is 17.9. The summed E-state index contributed by atoms with van der Waals surface area (Å²) in [7, 11) is -2.56. The molecule has 0 aliphatic heterocycles. The van der Waals surface area contributed by atoms with Gasteiger partial charge in [-0.1, -0.05) is 101 Å². The van der Waals surface area contributed by atoms with Crippen LogP contribution in [0.25, 0.3) is 0 Å². The fraction of sp³-hybridized carbons (Fsp3) is 0.375. The largest absolute Gasteiger partial charge is 0.396 e. The highest BCUT2D eigenvalue weighted by Crippen LogP contribution is 2.36. The number of ketones is 1. The van der Waals surface area contributed by atoms with Crippen LogP contribution in [-0.2, 0) is 9.22 Å². The third-order valence-electron chi connectivity index (χ3n) is 4.76. The van der Waals surface area contributed by atoms with E-state index in [1.165, 1.54) is 10.4 Å². The summed E-state index contributed by atoms with van der Waals surface area (Å²) in [5.41, 5.74) is 0. The minimum absolute atomic E-state index is 0.00268. The molecule has 0 radical (unpaired) electrons. The van der Waals surface area contributed by atoms with Crippen molar-refractivity contribution in [3.63, 3.8) is 0 Å². The SMILES string of the molecule is CCCCC(=O)C#CCO[Si](c1ccccc1)(c1ccccc1)C(C)(C)C. The molecule has 0 spiro atoms. The molecule has 0 saturated heterocycles. The van der Waals surface area contributed by atoms with E-state index in [4.69, 9.17) is 4.43 Å². The van der Waals surface area contributed by atoms with Crippen LogP contribution in [0.15, 0.2) is 60.7 Å². The van der Waals surface area contributed by atoms with E-state index in [1.54, 1.807) is 0 Å². The van der Waals surface area contributed by atoms with Crippen LogP contribution in [0, 0.1) is 11.8 Å². The number of benzene rings is 2. The maximum atomic E-state index is 11.8. The van der Waals surface area contributed by atoms with Crippen molar-refractivity contribution in [2.24, 2.45) is 0 Å². The lowest BCUT2D eigenvalue weighted by molar-refractivity contribution is -0.113. The van der Waals surface area contributed by atoms with Gasteiger partial charge >= 0.3 is 0 Å². The average molecular weight is 379 g/mol. The van der Waals surface area contributed by atoms with Crippen molar-refractivity contribution < 1.29 is 9.22 Å². The molecule has 0 fully saturated rings. The molecule has 27 heavy (non-hydrogen) atoms. The van der Waals surface area contributed by atoms with Gasteiger partial charge in [0.15, 0.2) is 0 Å². The van der Waals surface area contributed by atoms with Gasteiger partial charge in [-0.2, -0.15) is 0 Å². The van der Waals surface area contributed by atoms with Gasteiger partial charge in [-0.3, -0.25) is 4.79 Å². The van der Waals surface area contributed by atoms with E-state index in [0.29, 0.717) is 6.42 Å². The van der Waals surface area contributed by atoms with Crippen LogP contribution in [-0.4, -0.2) is 20.7 Å². The van der Waals surface area contributed by atoms with Gasteiger partial charge in [0.25, 0.3) is 8.32 Å². The summed E-state index contributed by atoms with van der Waals surface area (Å²) in [6.45, 7) is 9.05. The molecule has 2 aromatic carbocycles. The van der Waals surface area contributed by atoms with Gasteiger partial charge in [-0.15, -0.1) is 0 Å². The first-order valence-corrected chi connectivity index (χ1v) is 11.6. The fourth-order valence-electron chi connectivity index (χ4n) is 3.44. The molecular formula is C24H30O2Si. The highest BCUT2D eigenvalue weighted by molar-refractivity contribution is 6.99. The van der Waals surface area contributed by atoms with Gasteiger partial charge in [0.2, 0.25) is 5.78 Å². The molecule has 2 aromatic rings. The maximum absolute atomic E-state index is 11.8. The van der Waals surface area contributed by atoms with E-state index in [0.717, 1.165) is 12.8 Å². The Balaban J connectivity index is 2.39. The quantitative estimate of drug-likeness (QED) is 0.407. The molecule has 0 amide bonds. The lowest BCUT2D eigenvalue weighted by Crippen LogP contribution is -2.66. The van der Waals surface area contributed by atoms with Crippen LogP contribution < -0.4 is 10.4 Å². The molecule has 3 heteroatoms. The number of hydrogen-bond acceptors (Lipinski definition) is 2. The second-order valence-electron chi connectivity index (χ2n) is 7.78. The molecule has 0 heterocycles.